The van der Waals surface area contributed by atoms with Crippen LogP contribution in [0.3, 0.4) is 0 Å². The average molecular weight is 340 g/mol. The Labute approximate surface area is 140 Å². The maximum Gasteiger partial charge on any atom is 0.230 e. The second kappa shape index (κ2) is 8.46. The standard InChI is InChI=1S/C16H24N2O6/c19-11(9-17-13(21)5-6-14(17)22)3-1-2-4-12(20)10-18-15(23)7-8-16(18)24/h13-14,21-22H,1-10H2. The molecule has 0 aliphatic carbocycles. The summed E-state index contributed by atoms with van der Waals surface area (Å²) < 4.78 is 0. The van der Waals surface area contributed by atoms with Crippen LogP contribution in [0.4, 0.5) is 0 Å². The van der Waals surface area contributed by atoms with E-state index >= 15 is 0 Å². The molecule has 2 fully saturated rings. The lowest BCUT2D eigenvalue weighted by atomic mass is 10.1. The van der Waals surface area contributed by atoms with E-state index in [0.29, 0.717) is 25.7 Å². The minimum absolute atomic E-state index is 0.00701. The predicted molar refractivity (Wildman–Crippen MR) is 82.4 cm³/mol. The zero-order valence-electron chi connectivity index (χ0n) is 13.6. The summed E-state index contributed by atoms with van der Waals surface area (Å²) in [5.41, 5.74) is 0. The summed E-state index contributed by atoms with van der Waals surface area (Å²) >= 11 is 0. The summed E-state index contributed by atoms with van der Waals surface area (Å²) in [6.07, 6.45) is 1.22. The van der Waals surface area contributed by atoms with E-state index in [0.717, 1.165) is 4.90 Å². The molecule has 0 radical (unpaired) electrons. The number of nitrogens with zero attached hydrogens (tertiary/aromatic N) is 2. The van der Waals surface area contributed by atoms with E-state index in [9.17, 15) is 29.4 Å². The highest BCUT2D eigenvalue weighted by Gasteiger charge is 2.32. The summed E-state index contributed by atoms with van der Waals surface area (Å²) in [4.78, 5) is 48.9. The fourth-order valence-corrected chi connectivity index (χ4v) is 3.02. The van der Waals surface area contributed by atoms with E-state index < -0.39 is 12.5 Å². The number of amides is 2. The van der Waals surface area contributed by atoms with Crippen LogP contribution in [0, 0.1) is 0 Å². The lowest BCUT2D eigenvalue weighted by Crippen LogP contribution is -2.39. The molecule has 2 unspecified atom stereocenters. The Kier molecular flexibility index (Phi) is 6.59. The van der Waals surface area contributed by atoms with Crippen molar-refractivity contribution < 1.29 is 29.4 Å². The Bertz CT molecular complexity index is 495. The van der Waals surface area contributed by atoms with E-state index in [1.54, 1.807) is 0 Å². The molecule has 0 spiro atoms. The number of aliphatic hydroxyl groups is 2. The van der Waals surface area contributed by atoms with Gasteiger partial charge < -0.3 is 10.2 Å². The molecule has 2 heterocycles. The third-order valence-electron chi connectivity index (χ3n) is 4.46. The molecule has 0 bridgehead atoms. The zero-order valence-corrected chi connectivity index (χ0v) is 13.6. The Balaban J connectivity index is 1.60. The number of carbonyl (C=O) groups excluding carboxylic acids is 4. The van der Waals surface area contributed by atoms with E-state index in [1.807, 2.05) is 0 Å². The van der Waals surface area contributed by atoms with Crippen LogP contribution in [0.1, 0.15) is 51.4 Å². The highest BCUT2D eigenvalue weighted by atomic mass is 16.3. The molecule has 2 saturated heterocycles. The normalized spacial score (nSPS) is 24.8. The number of rotatable bonds is 9. The minimum atomic E-state index is -0.777. The maximum atomic E-state index is 11.9. The highest BCUT2D eigenvalue weighted by Crippen LogP contribution is 2.20. The smallest absolute Gasteiger partial charge is 0.230 e. The van der Waals surface area contributed by atoms with Crippen LogP contribution in [0.5, 0.6) is 0 Å². The number of unbranched alkanes of at least 4 members (excludes halogenated alkanes) is 1. The van der Waals surface area contributed by atoms with Crippen molar-refractivity contribution in [2.75, 3.05) is 13.1 Å². The minimum Gasteiger partial charge on any atom is -0.378 e. The molecule has 2 N–H and O–H groups in total. The van der Waals surface area contributed by atoms with Gasteiger partial charge in [-0.2, -0.15) is 0 Å². The average Bonchev–Trinajstić information content (AvgIpc) is 3.01. The van der Waals surface area contributed by atoms with Gasteiger partial charge in [0, 0.05) is 25.7 Å². The molecule has 8 nitrogen and oxygen atoms in total. The lowest BCUT2D eigenvalue weighted by molar-refractivity contribution is -0.141. The van der Waals surface area contributed by atoms with Gasteiger partial charge in [0.25, 0.3) is 0 Å². The topological polar surface area (TPSA) is 115 Å². The number of hydrogen-bond acceptors (Lipinski definition) is 7. The van der Waals surface area contributed by atoms with E-state index in [4.69, 9.17) is 0 Å². The van der Waals surface area contributed by atoms with E-state index in [2.05, 4.69) is 0 Å². The number of hydrogen-bond donors (Lipinski definition) is 2. The van der Waals surface area contributed by atoms with Crippen LogP contribution in [-0.2, 0) is 19.2 Å². The first-order valence-electron chi connectivity index (χ1n) is 8.37. The monoisotopic (exact) mass is 340 g/mol. The third kappa shape index (κ3) is 4.93. The number of likely N-dealkylation sites (tertiary alicyclic amines) is 2. The molecule has 8 heteroatoms. The van der Waals surface area contributed by atoms with Gasteiger partial charge in [-0.1, -0.05) is 0 Å². The van der Waals surface area contributed by atoms with Gasteiger partial charge in [0.1, 0.15) is 18.2 Å². The van der Waals surface area contributed by atoms with Gasteiger partial charge in [0.05, 0.1) is 13.1 Å². The molecule has 134 valence electrons. The maximum absolute atomic E-state index is 11.9. The van der Waals surface area contributed by atoms with Crippen molar-refractivity contribution in [2.45, 2.75) is 63.8 Å². The van der Waals surface area contributed by atoms with Gasteiger partial charge in [-0.3, -0.25) is 24.1 Å². The predicted octanol–water partition coefficient (Wildman–Crippen LogP) is -0.433. The molecule has 2 amide bonds. The Morgan fingerprint density at radius 3 is 1.83 bits per heavy atom. The Morgan fingerprint density at radius 2 is 1.33 bits per heavy atom. The summed E-state index contributed by atoms with van der Waals surface area (Å²) in [7, 11) is 0. The van der Waals surface area contributed by atoms with Crippen molar-refractivity contribution >= 4 is 23.4 Å². The molecule has 0 aromatic rings. The fourth-order valence-electron chi connectivity index (χ4n) is 3.02. The van der Waals surface area contributed by atoms with Gasteiger partial charge in [-0.15, -0.1) is 0 Å². The van der Waals surface area contributed by atoms with Gasteiger partial charge in [-0.05, 0) is 25.7 Å². The first-order chi connectivity index (χ1) is 11.4. The molecule has 2 aliphatic rings. The number of ketones is 2. The first kappa shape index (κ1) is 18.7. The van der Waals surface area contributed by atoms with Crippen LogP contribution in [0.25, 0.3) is 0 Å². The Morgan fingerprint density at radius 1 is 0.875 bits per heavy atom. The van der Waals surface area contributed by atoms with Crippen molar-refractivity contribution in [3.63, 3.8) is 0 Å². The molecule has 24 heavy (non-hydrogen) atoms. The van der Waals surface area contributed by atoms with Gasteiger partial charge in [-0.25, -0.2) is 4.90 Å². The second-order valence-corrected chi connectivity index (χ2v) is 6.37. The van der Waals surface area contributed by atoms with Crippen molar-refractivity contribution in [3.05, 3.63) is 0 Å². The molecular weight excluding hydrogens is 316 g/mol. The number of Topliss-reactive ketones (excluding diaryl/α,β-unsaturated/α-hetero) is 2. The van der Waals surface area contributed by atoms with Crippen molar-refractivity contribution in [1.82, 2.24) is 9.80 Å². The van der Waals surface area contributed by atoms with E-state index in [1.165, 1.54) is 4.90 Å². The van der Waals surface area contributed by atoms with Crippen molar-refractivity contribution in [2.24, 2.45) is 0 Å². The fraction of sp³-hybridized carbons (Fsp3) is 0.750. The van der Waals surface area contributed by atoms with Crippen molar-refractivity contribution in [1.29, 1.82) is 0 Å². The quantitative estimate of drug-likeness (QED) is 0.432. The van der Waals surface area contributed by atoms with Crippen LogP contribution in [0.15, 0.2) is 0 Å². The molecule has 0 saturated carbocycles. The number of carbonyl (C=O) groups is 4. The van der Waals surface area contributed by atoms with Gasteiger partial charge in [0.2, 0.25) is 11.8 Å². The van der Waals surface area contributed by atoms with Gasteiger partial charge in [0.15, 0.2) is 5.78 Å². The van der Waals surface area contributed by atoms with Crippen LogP contribution in [0.2, 0.25) is 0 Å². The van der Waals surface area contributed by atoms with Crippen molar-refractivity contribution in [3.8, 4) is 0 Å². The third-order valence-corrected chi connectivity index (χ3v) is 4.46. The molecule has 2 aliphatic heterocycles. The molecule has 2 rings (SSSR count). The lowest BCUT2D eigenvalue weighted by Gasteiger charge is -2.22. The van der Waals surface area contributed by atoms with Crippen LogP contribution in [-0.4, -0.2) is 68.9 Å². The molecule has 0 aromatic carbocycles. The summed E-state index contributed by atoms with van der Waals surface area (Å²) in [5.74, 6) is -0.874. The molecular formula is C16H24N2O6. The highest BCUT2D eigenvalue weighted by molar-refractivity contribution is 6.04. The van der Waals surface area contributed by atoms with Crippen LogP contribution < -0.4 is 0 Å². The second-order valence-electron chi connectivity index (χ2n) is 6.37. The molecule has 2 atom stereocenters. The van der Waals surface area contributed by atoms with Gasteiger partial charge >= 0.3 is 0 Å². The van der Waals surface area contributed by atoms with E-state index in [-0.39, 0.29) is 62.2 Å². The molecule has 0 aromatic heterocycles. The number of aliphatic hydroxyl groups excluding tert-OH is 2. The summed E-state index contributed by atoms with van der Waals surface area (Å²) in [6, 6.07) is 0. The summed E-state index contributed by atoms with van der Waals surface area (Å²) in [5, 5.41) is 19.3. The van der Waals surface area contributed by atoms with Crippen LogP contribution >= 0.6 is 0 Å². The summed E-state index contributed by atoms with van der Waals surface area (Å²) in [6.45, 7) is -0.162. The first-order valence-corrected chi connectivity index (χ1v) is 8.37. The largest absolute Gasteiger partial charge is 0.378 e. The SMILES string of the molecule is O=C(CCCCC(=O)CN1C(O)CCC1O)CN1C(=O)CCC1=O. The number of imide groups is 1. The zero-order chi connectivity index (χ0) is 17.7. The Hall–Kier alpha value is -1.64.